The largest absolute Gasteiger partial charge is 0.482 e. The normalized spacial score (nSPS) is 15.0. The van der Waals surface area contributed by atoms with Crippen LogP contribution in [-0.2, 0) is 22.7 Å². The molecule has 0 spiro atoms. The number of aliphatic carboxylic acids is 1. The van der Waals surface area contributed by atoms with Gasteiger partial charge in [0.15, 0.2) is 13.3 Å². The van der Waals surface area contributed by atoms with E-state index in [-0.39, 0.29) is 6.73 Å². The summed E-state index contributed by atoms with van der Waals surface area (Å²) in [6.45, 7) is -0.153. The molecule has 1 N–H and O–H groups in total. The lowest BCUT2D eigenvalue weighted by molar-refractivity contribution is -0.139. The van der Waals surface area contributed by atoms with Gasteiger partial charge in [-0.25, -0.2) is 14.3 Å². The molecule has 0 saturated heterocycles. The van der Waals surface area contributed by atoms with Gasteiger partial charge in [-0.15, -0.1) is 0 Å². The first-order chi connectivity index (χ1) is 17.0. The minimum Gasteiger partial charge on any atom is -0.482 e. The van der Waals surface area contributed by atoms with E-state index in [1.165, 1.54) is 0 Å². The Morgan fingerprint density at radius 3 is 2.71 bits per heavy atom. The molecule has 0 saturated carbocycles. The van der Waals surface area contributed by atoms with Gasteiger partial charge in [0.05, 0.1) is 17.8 Å². The zero-order valence-corrected chi connectivity index (χ0v) is 19.4. The van der Waals surface area contributed by atoms with Crippen molar-refractivity contribution >= 4 is 34.6 Å². The number of fused-ring (bicyclic) bond motifs is 2. The highest BCUT2D eigenvalue weighted by molar-refractivity contribution is 6.30. The second-order valence-corrected chi connectivity index (χ2v) is 8.59. The number of carboxylic acids is 1. The van der Waals surface area contributed by atoms with Crippen molar-refractivity contribution in [1.82, 2.24) is 14.7 Å². The fourth-order valence-corrected chi connectivity index (χ4v) is 4.61. The van der Waals surface area contributed by atoms with Crippen molar-refractivity contribution in [2.75, 3.05) is 13.2 Å². The van der Waals surface area contributed by atoms with Gasteiger partial charge >= 0.3 is 12.1 Å². The molecule has 1 atom stereocenters. The summed E-state index contributed by atoms with van der Waals surface area (Å²) in [5, 5.41) is 14.8. The molecular weight excluding hydrogens is 470 g/mol. The molecule has 0 fully saturated rings. The molecule has 4 aromatic rings. The number of rotatable bonds is 6. The highest BCUT2D eigenvalue weighted by Crippen LogP contribution is 2.40. The predicted molar refractivity (Wildman–Crippen MR) is 129 cm³/mol. The Hall–Kier alpha value is -4.04. The van der Waals surface area contributed by atoms with E-state index >= 15 is 0 Å². The molecule has 1 aromatic heterocycles. The summed E-state index contributed by atoms with van der Waals surface area (Å²) in [7, 11) is 0. The van der Waals surface area contributed by atoms with Gasteiger partial charge in [-0.1, -0.05) is 54.1 Å². The van der Waals surface area contributed by atoms with E-state index in [0.29, 0.717) is 29.3 Å². The van der Waals surface area contributed by atoms with Gasteiger partial charge in [-0.2, -0.15) is 5.10 Å². The molecule has 1 aliphatic rings. The summed E-state index contributed by atoms with van der Waals surface area (Å²) < 4.78 is 12.9. The minimum atomic E-state index is -1.10. The van der Waals surface area contributed by atoms with Crippen LogP contribution in [0.3, 0.4) is 0 Å². The fourth-order valence-electron chi connectivity index (χ4n) is 4.43. The number of carbonyl (C=O) groups excluding carboxylic acids is 1. The van der Waals surface area contributed by atoms with Crippen molar-refractivity contribution in [3.05, 3.63) is 94.6 Å². The van der Waals surface area contributed by atoms with Crippen LogP contribution in [0.5, 0.6) is 5.75 Å². The average molecular weight is 492 g/mol. The molecule has 1 amide bonds. The Morgan fingerprint density at radius 1 is 1.06 bits per heavy atom. The van der Waals surface area contributed by atoms with E-state index in [9.17, 15) is 9.59 Å². The van der Waals surface area contributed by atoms with Crippen molar-refractivity contribution < 1.29 is 24.2 Å². The third kappa shape index (κ3) is 4.65. The number of para-hydroxylation sites is 1. The molecule has 178 valence electrons. The average Bonchev–Trinajstić information content (AvgIpc) is 3.29. The zero-order valence-electron chi connectivity index (χ0n) is 18.6. The van der Waals surface area contributed by atoms with Crippen LogP contribution in [0.4, 0.5) is 4.79 Å². The Bertz CT molecular complexity index is 1400. The first kappa shape index (κ1) is 22.7. The molecule has 0 bridgehead atoms. The monoisotopic (exact) mass is 491 g/mol. The van der Waals surface area contributed by atoms with E-state index in [4.69, 9.17) is 26.2 Å². The summed E-state index contributed by atoms with van der Waals surface area (Å²) in [5.74, 6) is -0.757. The summed E-state index contributed by atoms with van der Waals surface area (Å²) in [5.41, 5.74) is 3.44. The van der Waals surface area contributed by atoms with Crippen LogP contribution < -0.4 is 4.74 Å². The molecule has 0 radical (unpaired) electrons. The number of benzene rings is 3. The number of hydrogen-bond donors (Lipinski definition) is 1. The molecular formula is C26H22ClN3O5. The molecule has 1 aliphatic heterocycles. The van der Waals surface area contributed by atoms with Crippen LogP contribution in [0.15, 0.2) is 72.9 Å². The Balaban J connectivity index is 1.48. The van der Waals surface area contributed by atoms with Gasteiger partial charge in [0.1, 0.15) is 5.75 Å². The lowest BCUT2D eigenvalue weighted by Crippen LogP contribution is -2.41. The number of carbonyl (C=O) groups is 2. The quantitative estimate of drug-likeness (QED) is 0.412. The maximum absolute atomic E-state index is 13.4. The van der Waals surface area contributed by atoms with Gasteiger partial charge in [0, 0.05) is 22.5 Å². The third-order valence-corrected chi connectivity index (χ3v) is 6.23. The van der Waals surface area contributed by atoms with E-state index in [1.54, 1.807) is 34.0 Å². The molecule has 9 heteroatoms. The van der Waals surface area contributed by atoms with E-state index in [2.05, 4.69) is 5.10 Å². The number of aromatic nitrogens is 2. The molecule has 0 unspecified atom stereocenters. The number of halogens is 1. The van der Waals surface area contributed by atoms with Crippen molar-refractivity contribution in [1.29, 1.82) is 0 Å². The van der Waals surface area contributed by atoms with E-state index < -0.39 is 24.7 Å². The van der Waals surface area contributed by atoms with Crippen LogP contribution in [0.25, 0.3) is 10.9 Å². The smallest absolute Gasteiger partial charge is 0.412 e. The standard InChI is InChI=1S/C26H22ClN3O5/c27-19-9-10-23(34-15-24(31)32)21(13-19)25-20-7-3-1-5-17(20)11-12-29(25)26(33)35-16-30-22-8-4-2-6-18(22)14-28-30/h1-10,13-14,25H,11-12,15-16H2,(H,31,32)/t25-/m0/s1. The van der Waals surface area contributed by atoms with Gasteiger partial charge in [0.25, 0.3) is 0 Å². The van der Waals surface area contributed by atoms with Gasteiger partial charge in [-0.3, -0.25) is 4.90 Å². The van der Waals surface area contributed by atoms with Crippen molar-refractivity contribution in [2.45, 2.75) is 19.2 Å². The summed E-state index contributed by atoms with van der Waals surface area (Å²) in [6.07, 6.45) is 1.85. The summed E-state index contributed by atoms with van der Waals surface area (Å²) in [4.78, 5) is 26.1. The molecule has 5 rings (SSSR count). The van der Waals surface area contributed by atoms with Gasteiger partial charge in [0.2, 0.25) is 0 Å². The predicted octanol–water partition coefficient (Wildman–Crippen LogP) is 4.89. The zero-order chi connectivity index (χ0) is 24.4. The van der Waals surface area contributed by atoms with Crippen LogP contribution in [0.2, 0.25) is 5.02 Å². The highest BCUT2D eigenvalue weighted by atomic mass is 35.5. The minimum absolute atomic E-state index is 0.0465. The molecule has 3 aromatic carbocycles. The van der Waals surface area contributed by atoms with Gasteiger partial charge in [-0.05, 0) is 41.8 Å². The number of hydrogen-bond acceptors (Lipinski definition) is 5. The summed E-state index contributed by atoms with van der Waals surface area (Å²) >= 11 is 6.32. The fraction of sp³-hybridized carbons (Fsp3) is 0.192. The number of carboxylic acid groups (broad SMARTS) is 1. The number of ether oxygens (including phenoxy) is 2. The maximum Gasteiger partial charge on any atom is 0.412 e. The highest BCUT2D eigenvalue weighted by Gasteiger charge is 2.35. The van der Waals surface area contributed by atoms with Crippen molar-refractivity contribution in [3.8, 4) is 5.75 Å². The van der Waals surface area contributed by atoms with E-state index in [0.717, 1.165) is 22.0 Å². The molecule has 0 aliphatic carbocycles. The van der Waals surface area contributed by atoms with Crippen molar-refractivity contribution in [2.24, 2.45) is 0 Å². The number of amides is 1. The van der Waals surface area contributed by atoms with Crippen LogP contribution in [0, 0.1) is 0 Å². The van der Waals surface area contributed by atoms with E-state index in [1.807, 2.05) is 48.5 Å². The lowest BCUT2D eigenvalue weighted by Gasteiger charge is -2.37. The first-order valence-corrected chi connectivity index (χ1v) is 11.4. The lowest BCUT2D eigenvalue weighted by atomic mass is 9.88. The summed E-state index contributed by atoms with van der Waals surface area (Å²) in [6, 6.07) is 19.9. The van der Waals surface area contributed by atoms with Crippen LogP contribution >= 0.6 is 11.6 Å². The molecule has 35 heavy (non-hydrogen) atoms. The third-order valence-electron chi connectivity index (χ3n) is 6.00. The maximum atomic E-state index is 13.4. The van der Waals surface area contributed by atoms with Crippen molar-refractivity contribution in [3.63, 3.8) is 0 Å². The number of nitrogens with zero attached hydrogens (tertiary/aromatic N) is 3. The Morgan fingerprint density at radius 2 is 1.86 bits per heavy atom. The Kier molecular flexibility index (Phi) is 6.29. The molecule has 8 nitrogen and oxygen atoms in total. The van der Waals surface area contributed by atoms with Crippen LogP contribution in [0.1, 0.15) is 22.7 Å². The van der Waals surface area contributed by atoms with Gasteiger partial charge < -0.3 is 14.6 Å². The molecule has 2 heterocycles. The van der Waals surface area contributed by atoms with Crippen LogP contribution in [-0.4, -0.2) is 45.0 Å². The Labute approximate surface area is 206 Å². The second kappa shape index (κ2) is 9.68. The second-order valence-electron chi connectivity index (χ2n) is 8.15. The first-order valence-electron chi connectivity index (χ1n) is 11.1. The SMILES string of the molecule is O=C(O)COc1ccc(Cl)cc1[C@@H]1c2ccccc2CCN1C(=O)OCn1ncc2ccccc21. The topological polar surface area (TPSA) is 93.9 Å².